The largest absolute Gasteiger partial charge is 0.475 e. The van der Waals surface area contributed by atoms with Crippen LogP contribution in [0, 0.1) is 5.82 Å². The third-order valence-electron chi connectivity index (χ3n) is 4.61. The summed E-state index contributed by atoms with van der Waals surface area (Å²) in [5, 5.41) is 12.4. The fourth-order valence-electron chi connectivity index (χ4n) is 2.98. The molecule has 10 heteroatoms. The van der Waals surface area contributed by atoms with E-state index in [1.54, 1.807) is 48.5 Å². The van der Waals surface area contributed by atoms with Crippen LogP contribution in [0.25, 0.3) is 17.0 Å². The maximum Gasteiger partial charge on any atom is 0.240 e. The van der Waals surface area contributed by atoms with E-state index in [-0.39, 0.29) is 23.9 Å². The van der Waals surface area contributed by atoms with Gasteiger partial charge in [0.05, 0.1) is 4.90 Å². The zero-order chi connectivity index (χ0) is 21.8. The molecule has 0 amide bonds. The summed E-state index contributed by atoms with van der Waals surface area (Å²) in [6, 6.07) is 16.0. The maximum absolute atomic E-state index is 13.5. The van der Waals surface area contributed by atoms with E-state index in [4.69, 9.17) is 4.74 Å². The number of aromatic nitrogens is 4. The molecule has 8 nitrogen and oxygen atoms in total. The Labute approximate surface area is 178 Å². The second-order valence-electron chi connectivity index (χ2n) is 6.72. The molecule has 2 aromatic heterocycles. The van der Waals surface area contributed by atoms with Crippen LogP contribution in [0.3, 0.4) is 0 Å². The third-order valence-corrected chi connectivity index (χ3v) is 6.08. The molecule has 2 heterocycles. The fraction of sp³-hybridized carbons (Fsp3) is 0.190. The van der Waals surface area contributed by atoms with Gasteiger partial charge in [-0.3, -0.25) is 0 Å². The summed E-state index contributed by atoms with van der Waals surface area (Å²) in [6.07, 6.45) is 0.840. The lowest BCUT2D eigenvalue weighted by atomic mass is 10.2. The first-order chi connectivity index (χ1) is 15.0. The minimum atomic E-state index is -3.62. The van der Waals surface area contributed by atoms with Gasteiger partial charge >= 0.3 is 0 Å². The zero-order valence-electron chi connectivity index (χ0n) is 16.7. The predicted octanol–water partition coefficient (Wildman–Crippen LogP) is 2.85. The monoisotopic (exact) mass is 441 g/mol. The molecular formula is C21H20FN5O3S. The number of hydrogen-bond donors (Lipinski definition) is 1. The Balaban J connectivity index is 1.41. The normalized spacial score (nSPS) is 11.7. The summed E-state index contributed by atoms with van der Waals surface area (Å²) in [5.41, 5.74) is 2.07. The highest BCUT2D eigenvalue weighted by atomic mass is 32.2. The maximum atomic E-state index is 13.5. The summed E-state index contributed by atoms with van der Waals surface area (Å²) in [6.45, 7) is 2.14. The van der Waals surface area contributed by atoms with E-state index in [2.05, 4.69) is 20.0 Å². The number of sulfonamides is 1. The Morgan fingerprint density at radius 3 is 2.61 bits per heavy atom. The molecule has 31 heavy (non-hydrogen) atoms. The molecule has 0 fully saturated rings. The number of rotatable bonds is 8. The van der Waals surface area contributed by atoms with Crippen molar-refractivity contribution in [1.29, 1.82) is 0 Å². The van der Waals surface area contributed by atoms with Crippen LogP contribution < -0.4 is 9.46 Å². The summed E-state index contributed by atoms with van der Waals surface area (Å²) in [5.74, 6) is 0.242. The molecule has 4 aromatic rings. The number of nitrogens with zero attached hydrogens (tertiary/aromatic N) is 4. The van der Waals surface area contributed by atoms with E-state index in [1.807, 2.05) is 6.92 Å². The van der Waals surface area contributed by atoms with Gasteiger partial charge in [-0.25, -0.2) is 17.5 Å². The molecule has 160 valence electrons. The molecule has 0 atom stereocenters. The molecular weight excluding hydrogens is 421 g/mol. The van der Waals surface area contributed by atoms with Gasteiger partial charge in [0.2, 0.25) is 15.9 Å². The van der Waals surface area contributed by atoms with Crippen molar-refractivity contribution in [1.82, 2.24) is 24.5 Å². The Morgan fingerprint density at radius 1 is 1.06 bits per heavy atom. The lowest BCUT2D eigenvalue weighted by molar-refractivity contribution is 0.306. The van der Waals surface area contributed by atoms with Crippen molar-refractivity contribution in [2.45, 2.75) is 18.2 Å². The number of fused-ring (bicyclic) bond motifs is 1. The molecule has 0 radical (unpaired) electrons. The number of halogens is 1. The van der Waals surface area contributed by atoms with Crippen molar-refractivity contribution in [3.63, 3.8) is 0 Å². The van der Waals surface area contributed by atoms with Crippen LogP contribution in [0.5, 0.6) is 5.88 Å². The second-order valence-corrected chi connectivity index (χ2v) is 8.49. The molecule has 0 aliphatic carbocycles. The van der Waals surface area contributed by atoms with E-state index in [1.165, 1.54) is 16.6 Å². The van der Waals surface area contributed by atoms with Gasteiger partial charge in [-0.1, -0.05) is 31.2 Å². The van der Waals surface area contributed by atoms with Gasteiger partial charge < -0.3 is 4.74 Å². The topological polar surface area (TPSA) is 98.5 Å². The van der Waals surface area contributed by atoms with E-state index in [0.29, 0.717) is 17.0 Å². The minimum absolute atomic E-state index is 0.0660. The third kappa shape index (κ3) is 4.70. The minimum Gasteiger partial charge on any atom is -0.475 e. The molecule has 2 aromatic carbocycles. The van der Waals surface area contributed by atoms with Crippen LogP contribution in [-0.4, -0.2) is 41.4 Å². The van der Waals surface area contributed by atoms with Crippen molar-refractivity contribution in [2.75, 3.05) is 13.2 Å². The van der Waals surface area contributed by atoms with E-state index in [0.717, 1.165) is 12.0 Å². The van der Waals surface area contributed by atoms with Crippen molar-refractivity contribution in [2.24, 2.45) is 0 Å². The van der Waals surface area contributed by atoms with Crippen LogP contribution in [0.2, 0.25) is 0 Å². The Bertz CT molecular complexity index is 1310. The molecule has 0 spiro atoms. The summed E-state index contributed by atoms with van der Waals surface area (Å²) >= 11 is 0. The van der Waals surface area contributed by atoms with Crippen molar-refractivity contribution in [3.05, 3.63) is 72.0 Å². The number of hydrogen-bond acceptors (Lipinski definition) is 6. The van der Waals surface area contributed by atoms with Crippen LogP contribution in [0.4, 0.5) is 4.39 Å². The summed E-state index contributed by atoms with van der Waals surface area (Å²) in [7, 11) is -3.62. The molecule has 0 aliphatic heterocycles. The van der Waals surface area contributed by atoms with Gasteiger partial charge in [0.25, 0.3) is 0 Å². The van der Waals surface area contributed by atoms with Crippen LogP contribution in [0.1, 0.15) is 12.5 Å². The zero-order valence-corrected chi connectivity index (χ0v) is 17.5. The lowest BCUT2D eigenvalue weighted by Gasteiger charge is -2.09. The van der Waals surface area contributed by atoms with Crippen LogP contribution in [0.15, 0.2) is 65.6 Å². The van der Waals surface area contributed by atoms with Crippen molar-refractivity contribution < 1.29 is 17.5 Å². The molecule has 4 rings (SSSR count). The molecule has 0 unspecified atom stereocenters. The Morgan fingerprint density at radius 2 is 1.87 bits per heavy atom. The van der Waals surface area contributed by atoms with E-state index >= 15 is 0 Å². The average molecular weight is 441 g/mol. The Hall–Kier alpha value is -3.37. The lowest BCUT2D eigenvalue weighted by Crippen LogP contribution is -2.28. The number of benzene rings is 2. The molecule has 0 aliphatic rings. The second kappa shape index (κ2) is 8.78. The molecule has 0 saturated heterocycles. The fourth-order valence-corrected chi connectivity index (χ4v) is 3.99. The average Bonchev–Trinajstić information content (AvgIpc) is 3.20. The summed E-state index contributed by atoms with van der Waals surface area (Å²) < 4.78 is 47.8. The highest BCUT2D eigenvalue weighted by Gasteiger charge is 2.14. The van der Waals surface area contributed by atoms with Gasteiger partial charge in [-0.15, -0.1) is 15.3 Å². The highest BCUT2D eigenvalue weighted by molar-refractivity contribution is 7.89. The smallest absolute Gasteiger partial charge is 0.240 e. The molecule has 0 bridgehead atoms. The van der Waals surface area contributed by atoms with Crippen LogP contribution in [-0.2, 0) is 16.4 Å². The van der Waals surface area contributed by atoms with Crippen molar-refractivity contribution >= 4 is 15.7 Å². The standard InChI is InChI=1S/C21H20FN5O3S/c1-2-15-6-8-18(9-7-15)31(28,29)23-12-13-30-20-11-10-19-24-25-21(27(19)26-20)16-4-3-5-17(22)14-16/h3-11,14,23H,2,12-13H2,1H3. The van der Waals surface area contributed by atoms with E-state index in [9.17, 15) is 12.8 Å². The van der Waals surface area contributed by atoms with E-state index < -0.39 is 15.8 Å². The SMILES string of the molecule is CCc1ccc(S(=O)(=O)NCCOc2ccc3nnc(-c4cccc(F)c4)n3n2)cc1. The van der Waals surface area contributed by atoms with Crippen LogP contribution >= 0.6 is 0 Å². The van der Waals surface area contributed by atoms with Gasteiger partial charge in [-0.05, 0) is 42.3 Å². The first kappa shape index (κ1) is 20.9. The number of ether oxygens (including phenoxy) is 1. The first-order valence-electron chi connectivity index (χ1n) is 9.66. The number of aryl methyl sites for hydroxylation is 1. The van der Waals surface area contributed by atoms with Gasteiger partial charge in [0.15, 0.2) is 11.5 Å². The highest BCUT2D eigenvalue weighted by Crippen LogP contribution is 2.19. The van der Waals surface area contributed by atoms with Crippen molar-refractivity contribution in [3.8, 4) is 17.3 Å². The van der Waals surface area contributed by atoms with Gasteiger partial charge in [0, 0.05) is 18.2 Å². The predicted molar refractivity (Wildman–Crippen MR) is 113 cm³/mol. The molecule has 0 saturated carbocycles. The molecule has 1 N–H and O–H groups in total. The quantitative estimate of drug-likeness (QED) is 0.422. The first-order valence-corrected chi connectivity index (χ1v) is 11.1. The van der Waals surface area contributed by atoms with Gasteiger partial charge in [-0.2, -0.15) is 4.52 Å². The summed E-state index contributed by atoms with van der Waals surface area (Å²) in [4.78, 5) is 0.202. The Kier molecular flexibility index (Phi) is 5.92. The number of nitrogens with one attached hydrogen (secondary N) is 1. The van der Waals surface area contributed by atoms with Gasteiger partial charge in [0.1, 0.15) is 12.4 Å².